The van der Waals surface area contributed by atoms with Gasteiger partial charge in [0.2, 0.25) is 0 Å². The lowest BCUT2D eigenvalue weighted by molar-refractivity contribution is 0.112. The van der Waals surface area contributed by atoms with Gasteiger partial charge in [0, 0.05) is 17.5 Å². The normalized spacial score (nSPS) is 9.76. The molecule has 0 heterocycles. The highest BCUT2D eigenvalue weighted by atomic mass is 16.1. The Hall–Kier alpha value is -2.33. The van der Waals surface area contributed by atoms with Crippen LogP contribution >= 0.6 is 0 Å². The van der Waals surface area contributed by atoms with Gasteiger partial charge in [-0.05, 0) is 49.4 Å². The molecular weight excluding hydrogens is 256 g/mol. The number of rotatable bonds is 5. The minimum atomic E-state index is 0.709. The zero-order valence-corrected chi connectivity index (χ0v) is 12.4. The maximum absolute atomic E-state index is 10.7. The van der Waals surface area contributed by atoms with Crippen LogP contribution in [-0.4, -0.2) is 6.29 Å². The summed E-state index contributed by atoms with van der Waals surface area (Å²) in [4.78, 5) is 10.7. The molecule has 0 unspecified atom stereocenters. The van der Waals surface area contributed by atoms with E-state index in [0.29, 0.717) is 5.56 Å². The number of carbonyl (C=O) groups is 1. The largest absolute Gasteiger partial charge is 0.298 e. The minimum absolute atomic E-state index is 0.709. The zero-order chi connectivity index (χ0) is 14.9. The predicted octanol–water partition coefficient (Wildman–Crippen LogP) is 4.57. The quantitative estimate of drug-likeness (QED) is 0.444. The van der Waals surface area contributed by atoms with Crippen molar-refractivity contribution in [2.24, 2.45) is 0 Å². The van der Waals surface area contributed by atoms with E-state index < -0.39 is 0 Å². The molecule has 0 aromatic heterocycles. The van der Waals surface area contributed by atoms with Crippen molar-refractivity contribution in [2.75, 3.05) is 0 Å². The van der Waals surface area contributed by atoms with Crippen LogP contribution in [0.4, 0.5) is 0 Å². The number of benzene rings is 2. The summed E-state index contributed by atoms with van der Waals surface area (Å²) >= 11 is 0. The van der Waals surface area contributed by atoms with Crippen LogP contribution in [0.1, 0.15) is 46.3 Å². The lowest BCUT2D eigenvalue weighted by Crippen LogP contribution is -1.86. The molecule has 106 valence electrons. The summed E-state index contributed by atoms with van der Waals surface area (Å²) in [5.41, 5.74) is 4.19. The molecule has 1 heteroatoms. The Morgan fingerprint density at radius 3 is 2.57 bits per heavy atom. The summed E-state index contributed by atoms with van der Waals surface area (Å²) in [6.45, 7) is 1.99. The van der Waals surface area contributed by atoms with Crippen LogP contribution in [-0.2, 0) is 6.42 Å². The molecule has 0 radical (unpaired) electrons. The van der Waals surface area contributed by atoms with Crippen LogP contribution < -0.4 is 0 Å². The van der Waals surface area contributed by atoms with Gasteiger partial charge in [0.15, 0.2) is 0 Å². The second-order valence-corrected chi connectivity index (χ2v) is 5.19. The Morgan fingerprint density at radius 2 is 1.86 bits per heavy atom. The van der Waals surface area contributed by atoms with Crippen LogP contribution in [0.2, 0.25) is 0 Å². The molecule has 0 bridgehead atoms. The van der Waals surface area contributed by atoms with Crippen LogP contribution in [0.25, 0.3) is 0 Å². The highest BCUT2D eigenvalue weighted by Gasteiger charge is 1.96. The van der Waals surface area contributed by atoms with E-state index in [1.807, 2.05) is 31.2 Å². The fourth-order valence-corrected chi connectivity index (χ4v) is 2.25. The van der Waals surface area contributed by atoms with Gasteiger partial charge in [0.1, 0.15) is 6.29 Å². The van der Waals surface area contributed by atoms with Crippen molar-refractivity contribution in [3.63, 3.8) is 0 Å². The van der Waals surface area contributed by atoms with Gasteiger partial charge in [0.05, 0.1) is 0 Å². The fourth-order valence-electron chi connectivity index (χ4n) is 2.25. The van der Waals surface area contributed by atoms with Crippen LogP contribution in [0.3, 0.4) is 0 Å². The first-order valence-corrected chi connectivity index (χ1v) is 7.38. The molecule has 0 N–H and O–H groups in total. The van der Waals surface area contributed by atoms with Gasteiger partial charge < -0.3 is 0 Å². The zero-order valence-electron chi connectivity index (χ0n) is 12.4. The van der Waals surface area contributed by atoms with Crippen LogP contribution in [0.5, 0.6) is 0 Å². The average Bonchev–Trinajstić information content (AvgIpc) is 2.53. The van der Waals surface area contributed by atoms with Gasteiger partial charge in [-0.15, -0.1) is 0 Å². The number of unbranched alkanes of at least 4 members (excludes halogenated alkanes) is 2. The van der Waals surface area contributed by atoms with E-state index in [-0.39, 0.29) is 0 Å². The first kappa shape index (κ1) is 15.1. The molecule has 0 saturated heterocycles. The molecule has 0 amide bonds. The standard InChI is InChI=1S/C20H20O/c1-17-15-19(16-21)13-14-20(17)12-8-3-2-5-9-18-10-6-4-7-11-18/h4,6-7,10-11,13-16H,2-3,5,9H2,1H3. The molecule has 0 spiro atoms. The Morgan fingerprint density at radius 1 is 1.05 bits per heavy atom. The topological polar surface area (TPSA) is 17.1 Å². The van der Waals surface area contributed by atoms with Gasteiger partial charge in [-0.2, -0.15) is 0 Å². The Kier molecular flexibility index (Phi) is 5.79. The number of carbonyl (C=O) groups excluding carboxylic acids is 1. The van der Waals surface area contributed by atoms with Crippen LogP contribution in [0, 0.1) is 18.8 Å². The second kappa shape index (κ2) is 8.07. The maximum atomic E-state index is 10.7. The van der Waals surface area contributed by atoms with Crippen molar-refractivity contribution >= 4 is 6.29 Å². The molecule has 2 aromatic carbocycles. The molecule has 0 atom stereocenters. The van der Waals surface area contributed by atoms with Gasteiger partial charge in [-0.1, -0.05) is 48.2 Å². The third kappa shape index (κ3) is 4.93. The van der Waals surface area contributed by atoms with Crippen molar-refractivity contribution in [1.82, 2.24) is 0 Å². The second-order valence-electron chi connectivity index (χ2n) is 5.19. The van der Waals surface area contributed by atoms with Crippen molar-refractivity contribution in [2.45, 2.75) is 32.6 Å². The fraction of sp³-hybridized carbons (Fsp3) is 0.250. The van der Waals surface area contributed by atoms with Gasteiger partial charge in [-0.3, -0.25) is 4.79 Å². The monoisotopic (exact) mass is 276 g/mol. The highest BCUT2D eigenvalue weighted by Crippen LogP contribution is 2.09. The average molecular weight is 276 g/mol. The Balaban J connectivity index is 1.78. The van der Waals surface area contributed by atoms with Gasteiger partial charge in [-0.25, -0.2) is 0 Å². The number of hydrogen-bond acceptors (Lipinski definition) is 1. The number of aryl methyl sites for hydroxylation is 2. The van der Waals surface area contributed by atoms with Crippen molar-refractivity contribution < 1.29 is 4.79 Å². The lowest BCUT2D eigenvalue weighted by atomic mass is 10.1. The number of hydrogen-bond donors (Lipinski definition) is 0. The third-order valence-corrected chi connectivity index (χ3v) is 3.47. The molecule has 21 heavy (non-hydrogen) atoms. The molecule has 0 fully saturated rings. The molecule has 0 saturated carbocycles. The van der Waals surface area contributed by atoms with Gasteiger partial charge in [0.25, 0.3) is 0 Å². The van der Waals surface area contributed by atoms with E-state index in [2.05, 4.69) is 36.1 Å². The molecule has 0 aliphatic rings. The summed E-state index contributed by atoms with van der Waals surface area (Å²) in [6.07, 6.45) is 5.19. The summed E-state index contributed by atoms with van der Waals surface area (Å²) in [6, 6.07) is 16.2. The van der Waals surface area contributed by atoms with Crippen LogP contribution in [0.15, 0.2) is 48.5 Å². The van der Waals surface area contributed by atoms with E-state index in [1.54, 1.807) is 0 Å². The summed E-state index contributed by atoms with van der Waals surface area (Å²) in [5.74, 6) is 6.42. The van der Waals surface area contributed by atoms with E-state index in [4.69, 9.17) is 0 Å². The lowest BCUT2D eigenvalue weighted by Gasteiger charge is -1.99. The highest BCUT2D eigenvalue weighted by molar-refractivity contribution is 5.75. The maximum Gasteiger partial charge on any atom is 0.150 e. The summed E-state index contributed by atoms with van der Waals surface area (Å²) < 4.78 is 0. The van der Waals surface area contributed by atoms with Gasteiger partial charge >= 0.3 is 0 Å². The SMILES string of the molecule is Cc1cc(C=O)ccc1C#CCCCCc1ccccc1. The predicted molar refractivity (Wildman–Crippen MR) is 87.4 cm³/mol. The van der Waals surface area contributed by atoms with Crippen molar-refractivity contribution in [3.8, 4) is 11.8 Å². The first-order chi connectivity index (χ1) is 10.3. The Bertz CT molecular complexity index is 645. The number of aldehydes is 1. The molecule has 2 rings (SSSR count). The molecule has 2 aromatic rings. The molecule has 0 aliphatic heterocycles. The Labute approximate surface area is 127 Å². The van der Waals surface area contributed by atoms with E-state index >= 15 is 0 Å². The molecule has 1 nitrogen and oxygen atoms in total. The van der Waals surface area contributed by atoms with E-state index in [0.717, 1.165) is 36.7 Å². The molecular formula is C20H20O. The van der Waals surface area contributed by atoms with E-state index in [1.165, 1.54) is 12.0 Å². The van der Waals surface area contributed by atoms with E-state index in [9.17, 15) is 4.79 Å². The minimum Gasteiger partial charge on any atom is -0.298 e. The smallest absolute Gasteiger partial charge is 0.150 e. The summed E-state index contributed by atoms with van der Waals surface area (Å²) in [5, 5.41) is 0. The third-order valence-electron chi connectivity index (χ3n) is 3.47. The van der Waals surface area contributed by atoms with Crippen molar-refractivity contribution in [1.29, 1.82) is 0 Å². The summed E-state index contributed by atoms with van der Waals surface area (Å²) in [7, 11) is 0. The molecule has 0 aliphatic carbocycles. The first-order valence-electron chi connectivity index (χ1n) is 7.38. The van der Waals surface area contributed by atoms with Crippen molar-refractivity contribution in [3.05, 3.63) is 70.8 Å².